The van der Waals surface area contributed by atoms with E-state index in [0.717, 1.165) is 37.7 Å². The number of ketones is 1. The number of carbonyl (C=O) groups is 6. The number of nitrogens with one attached hydrogen (secondary N) is 3. The van der Waals surface area contributed by atoms with Crippen molar-refractivity contribution < 1.29 is 28.8 Å². The van der Waals surface area contributed by atoms with Crippen LogP contribution in [-0.2, 0) is 30.5 Å². The van der Waals surface area contributed by atoms with Gasteiger partial charge < -0.3 is 31.5 Å². The van der Waals surface area contributed by atoms with Crippen molar-refractivity contribution >= 4 is 35.4 Å². The molecule has 4 atom stereocenters. The Labute approximate surface area is 259 Å². The molecule has 0 radical (unpaired) electrons. The Hall–Kier alpha value is -3.96. The van der Waals surface area contributed by atoms with E-state index in [4.69, 9.17) is 5.73 Å². The van der Waals surface area contributed by atoms with E-state index in [2.05, 4.69) is 16.0 Å². The summed E-state index contributed by atoms with van der Waals surface area (Å²) in [5, 5.41) is 8.24. The average Bonchev–Trinajstić information content (AvgIpc) is 3.48. The molecule has 2 aliphatic rings. The van der Waals surface area contributed by atoms with Gasteiger partial charge in [0.25, 0.3) is 5.91 Å². The number of benzene rings is 1. The third-order valence-corrected chi connectivity index (χ3v) is 8.53. The van der Waals surface area contributed by atoms with Crippen LogP contribution in [0.5, 0.6) is 0 Å². The minimum atomic E-state index is -1.15. The normalized spacial score (nSPS) is 19.3. The van der Waals surface area contributed by atoms with Crippen molar-refractivity contribution in [2.24, 2.45) is 17.1 Å². The van der Waals surface area contributed by atoms with Crippen LogP contribution in [0.3, 0.4) is 0 Å². The molecule has 0 bridgehead atoms. The largest absolute Gasteiger partial charge is 0.363 e. The number of carbonyl (C=O) groups excluding carboxylic acids is 6. The van der Waals surface area contributed by atoms with Gasteiger partial charge >= 0.3 is 6.03 Å². The summed E-state index contributed by atoms with van der Waals surface area (Å²) >= 11 is 0. The monoisotopic (exact) mass is 612 g/mol. The summed E-state index contributed by atoms with van der Waals surface area (Å²) in [4.78, 5) is 80.5. The van der Waals surface area contributed by atoms with E-state index < -0.39 is 53.2 Å². The molecule has 6 amide bonds. The lowest BCUT2D eigenvalue weighted by atomic mass is 9.83. The first-order chi connectivity index (χ1) is 20.7. The van der Waals surface area contributed by atoms with E-state index in [9.17, 15) is 28.8 Å². The molecule has 1 saturated carbocycles. The number of urea groups is 1. The van der Waals surface area contributed by atoms with Crippen molar-refractivity contribution in [3.8, 4) is 0 Å². The minimum Gasteiger partial charge on any atom is -0.363 e. The number of Topliss-reactive ketones (excluding diaryl/α,β-unsaturated/α-hetero) is 1. The molecule has 242 valence electrons. The summed E-state index contributed by atoms with van der Waals surface area (Å²) in [6.07, 6.45) is 5.31. The Bertz CT molecular complexity index is 1210. The molecular weight excluding hydrogens is 564 g/mol. The van der Waals surface area contributed by atoms with Crippen LogP contribution in [0.1, 0.15) is 78.2 Å². The van der Waals surface area contributed by atoms with Gasteiger partial charge in [0.1, 0.15) is 18.1 Å². The van der Waals surface area contributed by atoms with E-state index in [-0.39, 0.29) is 17.7 Å². The van der Waals surface area contributed by atoms with Crippen LogP contribution in [-0.4, -0.2) is 83.0 Å². The van der Waals surface area contributed by atoms with Gasteiger partial charge in [-0.05, 0) is 49.5 Å². The number of likely N-dealkylation sites (N-methyl/N-ethyl adjacent to an activating group) is 1. The highest BCUT2D eigenvalue weighted by atomic mass is 16.2. The highest BCUT2D eigenvalue weighted by Gasteiger charge is 2.42. The maximum Gasteiger partial charge on any atom is 0.316 e. The minimum absolute atomic E-state index is 0.133. The molecule has 12 nitrogen and oxygen atoms in total. The number of likely N-dealkylation sites (tertiary alicyclic amines) is 1. The van der Waals surface area contributed by atoms with Crippen molar-refractivity contribution in [1.82, 2.24) is 25.8 Å². The Morgan fingerprint density at radius 2 is 1.57 bits per heavy atom. The molecule has 2 fully saturated rings. The van der Waals surface area contributed by atoms with E-state index in [1.54, 1.807) is 11.9 Å². The van der Waals surface area contributed by atoms with E-state index in [1.165, 1.54) is 11.8 Å². The third kappa shape index (κ3) is 9.03. The van der Waals surface area contributed by atoms with E-state index in [0.29, 0.717) is 25.9 Å². The first kappa shape index (κ1) is 34.5. The fourth-order valence-electron chi connectivity index (χ4n) is 6.04. The molecule has 1 aromatic carbocycles. The molecule has 3 unspecified atom stereocenters. The van der Waals surface area contributed by atoms with Crippen molar-refractivity contribution in [3.05, 3.63) is 35.9 Å². The zero-order valence-electron chi connectivity index (χ0n) is 26.6. The predicted molar refractivity (Wildman–Crippen MR) is 165 cm³/mol. The Morgan fingerprint density at radius 1 is 0.932 bits per heavy atom. The number of nitrogens with zero attached hydrogens (tertiary/aromatic N) is 2. The predicted octanol–water partition coefficient (Wildman–Crippen LogP) is 1.86. The van der Waals surface area contributed by atoms with Crippen molar-refractivity contribution in [3.63, 3.8) is 0 Å². The molecule has 1 heterocycles. The molecule has 0 aromatic heterocycles. The Morgan fingerprint density at radius 3 is 2.16 bits per heavy atom. The maximum absolute atomic E-state index is 14.0. The molecule has 0 spiro atoms. The van der Waals surface area contributed by atoms with Gasteiger partial charge in [-0.1, -0.05) is 70.4 Å². The van der Waals surface area contributed by atoms with Crippen LogP contribution in [0, 0.1) is 11.3 Å². The van der Waals surface area contributed by atoms with Gasteiger partial charge in [0.05, 0.1) is 6.04 Å². The number of hydrogen-bond acceptors (Lipinski definition) is 6. The second-order valence-corrected chi connectivity index (χ2v) is 13.1. The number of nitrogens with two attached hydrogens (primary N) is 1. The topological polar surface area (TPSA) is 171 Å². The van der Waals surface area contributed by atoms with Crippen LogP contribution >= 0.6 is 0 Å². The Kier molecular flexibility index (Phi) is 11.9. The van der Waals surface area contributed by atoms with Crippen molar-refractivity contribution in [2.45, 2.75) is 103 Å². The lowest BCUT2D eigenvalue weighted by molar-refractivity contribution is -0.142. The number of rotatable bonds is 11. The molecule has 12 heteroatoms. The maximum atomic E-state index is 14.0. The quantitative estimate of drug-likeness (QED) is 0.278. The highest BCUT2D eigenvalue weighted by Crippen LogP contribution is 2.30. The summed E-state index contributed by atoms with van der Waals surface area (Å²) in [5.41, 5.74) is 5.40. The first-order valence-corrected chi connectivity index (χ1v) is 15.5. The fourth-order valence-corrected chi connectivity index (χ4v) is 6.04. The van der Waals surface area contributed by atoms with E-state index >= 15 is 0 Å². The average molecular weight is 613 g/mol. The van der Waals surface area contributed by atoms with Crippen LogP contribution < -0.4 is 21.7 Å². The summed E-state index contributed by atoms with van der Waals surface area (Å²) in [6, 6.07) is 5.20. The SMILES string of the molecule is CC(NC(=O)[C@@H]1CCCN1C(=O)C(NC(=O)NC(C(=O)N(C)Cc1ccccc1)C(C)(C)C)C1CCCCC1)C(=O)C(N)=O. The van der Waals surface area contributed by atoms with Crippen LogP contribution in [0.25, 0.3) is 0 Å². The van der Waals surface area contributed by atoms with E-state index in [1.807, 2.05) is 51.1 Å². The molecule has 1 saturated heterocycles. The number of hydrogen-bond donors (Lipinski definition) is 4. The smallest absolute Gasteiger partial charge is 0.316 e. The Balaban J connectivity index is 1.76. The van der Waals surface area contributed by atoms with Crippen molar-refractivity contribution in [1.29, 1.82) is 0 Å². The molecule has 1 aliphatic carbocycles. The molecule has 1 aliphatic heterocycles. The van der Waals surface area contributed by atoms with Gasteiger partial charge in [-0.25, -0.2) is 4.79 Å². The molecule has 3 rings (SSSR count). The first-order valence-electron chi connectivity index (χ1n) is 15.5. The van der Waals surface area contributed by atoms with Gasteiger partial charge in [-0.3, -0.25) is 24.0 Å². The lowest BCUT2D eigenvalue weighted by Crippen LogP contribution is -2.61. The molecule has 44 heavy (non-hydrogen) atoms. The zero-order valence-corrected chi connectivity index (χ0v) is 26.6. The van der Waals surface area contributed by atoms with Gasteiger partial charge in [0.15, 0.2) is 0 Å². The molecule has 1 aromatic rings. The van der Waals surface area contributed by atoms with Gasteiger partial charge in [-0.2, -0.15) is 0 Å². The summed E-state index contributed by atoms with van der Waals surface area (Å²) in [5.74, 6) is -3.39. The van der Waals surface area contributed by atoms with Gasteiger partial charge in [-0.15, -0.1) is 0 Å². The van der Waals surface area contributed by atoms with Crippen LogP contribution in [0.2, 0.25) is 0 Å². The second-order valence-electron chi connectivity index (χ2n) is 13.1. The molecule has 5 N–H and O–H groups in total. The van der Waals surface area contributed by atoms with Crippen molar-refractivity contribution in [2.75, 3.05) is 13.6 Å². The third-order valence-electron chi connectivity index (χ3n) is 8.53. The number of primary amides is 1. The highest BCUT2D eigenvalue weighted by molar-refractivity contribution is 6.37. The molecular formula is C32H48N6O6. The fraction of sp³-hybridized carbons (Fsp3) is 0.625. The lowest BCUT2D eigenvalue weighted by Gasteiger charge is -2.36. The van der Waals surface area contributed by atoms with Crippen LogP contribution in [0.15, 0.2) is 30.3 Å². The summed E-state index contributed by atoms with van der Waals surface area (Å²) in [7, 11) is 1.69. The summed E-state index contributed by atoms with van der Waals surface area (Å²) in [6.45, 7) is 7.66. The van der Waals surface area contributed by atoms with Gasteiger partial charge in [0, 0.05) is 20.1 Å². The van der Waals surface area contributed by atoms with Gasteiger partial charge in [0.2, 0.25) is 23.5 Å². The zero-order chi connectivity index (χ0) is 32.6. The summed E-state index contributed by atoms with van der Waals surface area (Å²) < 4.78 is 0. The standard InChI is InChI=1S/C32H48N6O6/c1-20(25(39)27(33)40)34-28(41)23-17-12-18-38(23)29(42)24(22-15-10-7-11-16-22)35-31(44)36-26(32(2,3)4)30(43)37(5)19-21-13-8-6-9-14-21/h6,8-9,13-14,20,22-24,26H,7,10-12,15-19H2,1-5H3,(H2,33,40)(H,34,41)(H2,35,36,44)/t20?,23-,24?,26?/m0/s1. The van der Waals surface area contributed by atoms with Crippen LogP contribution in [0.4, 0.5) is 4.79 Å². The second kappa shape index (κ2) is 15.2. The number of amides is 6.